The lowest BCUT2D eigenvalue weighted by Gasteiger charge is -2.37. The molecule has 1 saturated heterocycles. The molecule has 1 amide bonds. The standard InChI is InChI=1S/C23H26ClN5O5S/c1-15(21(30)29-12-10-28(11-13-29)17-6-4-16(24)5-7-17)25-35(33,34)18-8-9-20-19(14-18)22(31)27(3)23(32)26(20)2/h4-9,14-15,25H,10-13H2,1-3H3/t15-/m0/s1. The van der Waals surface area contributed by atoms with Crippen LogP contribution in [0.2, 0.25) is 5.02 Å². The highest BCUT2D eigenvalue weighted by Gasteiger charge is 2.29. The molecule has 0 radical (unpaired) electrons. The molecule has 3 aromatic rings. The van der Waals surface area contributed by atoms with Gasteiger partial charge in [0.05, 0.1) is 21.8 Å². The summed E-state index contributed by atoms with van der Waals surface area (Å²) in [4.78, 5) is 41.2. The SMILES string of the molecule is C[C@H](NS(=O)(=O)c1ccc2c(c1)c(=O)n(C)c(=O)n2C)C(=O)N1CCN(c2ccc(Cl)cc2)CC1. The maximum absolute atomic E-state index is 13.0. The van der Waals surface area contributed by atoms with E-state index in [1.807, 2.05) is 24.3 Å². The summed E-state index contributed by atoms with van der Waals surface area (Å²) in [6.45, 7) is 3.62. The highest BCUT2D eigenvalue weighted by atomic mass is 35.5. The summed E-state index contributed by atoms with van der Waals surface area (Å²) in [5, 5.41) is 0.745. The quantitative estimate of drug-likeness (QED) is 0.536. The third-order valence-corrected chi connectivity index (χ3v) is 8.02. The molecule has 0 spiro atoms. The molecule has 10 nitrogen and oxygen atoms in total. The number of nitrogens with one attached hydrogen (secondary N) is 1. The maximum Gasteiger partial charge on any atom is 0.330 e. The molecular formula is C23H26ClN5O5S. The molecule has 0 aliphatic carbocycles. The number of anilines is 1. The molecule has 1 N–H and O–H groups in total. The Hall–Kier alpha value is -3.15. The van der Waals surface area contributed by atoms with Crippen LogP contribution in [0.5, 0.6) is 0 Å². The zero-order chi connectivity index (χ0) is 25.5. The van der Waals surface area contributed by atoms with Crippen LogP contribution >= 0.6 is 11.6 Å². The van der Waals surface area contributed by atoms with Crippen LogP contribution in [0, 0.1) is 0 Å². The zero-order valence-electron chi connectivity index (χ0n) is 19.6. The van der Waals surface area contributed by atoms with Crippen LogP contribution < -0.4 is 20.9 Å². The van der Waals surface area contributed by atoms with E-state index in [4.69, 9.17) is 11.6 Å². The third kappa shape index (κ3) is 4.84. The van der Waals surface area contributed by atoms with Crippen molar-refractivity contribution in [1.29, 1.82) is 0 Å². The van der Waals surface area contributed by atoms with Crippen molar-refractivity contribution in [1.82, 2.24) is 18.8 Å². The minimum Gasteiger partial charge on any atom is -0.368 e. The van der Waals surface area contributed by atoms with Crippen molar-refractivity contribution in [2.75, 3.05) is 31.1 Å². The Bertz CT molecular complexity index is 1510. The number of nitrogens with zero attached hydrogens (tertiary/aromatic N) is 4. The van der Waals surface area contributed by atoms with Gasteiger partial charge in [0.2, 0.25) is 15.9 Å². The molecule has 2 heterocycles. The summed E-state index contributed by atoms with van der Waals surface area (Å²) in [5.74, 6) is -0.330. The lowest BCUT2D eigenvalue weighted by Crippen LogP contribution is -2.54. The van der Waals surface area contributed by atoms with E-state index in [0.29, 0.717) is 36.7 Å². The van der Waals surface area contributed by atoms with E-state index in [1.54, 1.807) is 4.90 Å². The number of rotatable bonds is 5. The van der Waals surface area contributed by atoms with Gasteiger partial charge < -0.3 is 9.80 Å². The first-order valence-corrected chi connectivity index (χ1v) is 12.9. The van der Waals surface area contributed by atoms with Crippen molar-refractivity contribution in [3.05, 3.63) is 68.3 Å². The number of carbonyl (C=O) groups is 1. The van der Waals surface area contributed by atoms with Crippen molar-refractivity contribution < 1.29 is 13.2 Å². The monoisotopic (exact) mass is 519 g/mol. The number of carbonyl (C=O) groups excluding carboxylic acids is 1. The fourth-order valence-electron chi connectivity index (χ4n) is 4.20. The van der Waals surface area contributed by atoms with Crippen LogP contribution in [0.3, 0.4) is 0 Å². The highest BCUT2D eigenvalue weighted by molar-refractivity contribution is 7.89. The molecule has 186 valence electrons. The molecule has 0 unspecified atom stereocenters. The number of sulfonamides is 1. The van der Waals surface area contributed by atoms with Crippen molar-refractivity contribution in [3.63, 3.8) is 0 Å². The summed E-state index contributed by atoms with van der Waals surface area (Å²) in [6.07, 6.45) is 0. The maximum atomic E-state index is 13.0. The second-order valence-corrected chi connectivity index (χ2v) is 10.7. The molecule has 0 bridgehead atoms. The van der Waals surface area contributed by atoms with Gasteiger partial charge in [0.1, 0.15) is 0 Å². The van der Waals surface area contributed by atoms with Crippen molar-refractivity contribution in [3.8, 4) is 0 Å². The Morgan fingerprint density at radius 1 is 0.971 bits per heavy atom. The predicted molar refractivity (Wildman–Crippen MR) is 134 cm³/mol. The summed E-state index contributed by atoms with van der Waals surface area (Å²) in [6, 6.07) is 10.4. The average Bonchev–Trinajstić information content (AvgIpc) is 2.85. The molecule has 2 aromatic carbocycles. The number of hydrogen-bond donors (Lipinski definition) is 1. The number of hydrogen-bond acceptors (Lipinski definition) is 6. The molecule has 0 saturated carbocycles. The highest BCUT2D eigenvalue weighted by Crippen LogP contribution is 2.20. The van der Waals surface area contributed by atoms with E-state index in [9.17, 15) is 22.8 Å². The van der Waals surface area contributed by atoms with Gasteiger partial charge in [-0.2, -0.15) is 4.72 Å². The van der Waals surface area contributed by atoms with Gasteiger partial charge in [0, 0.05) is 51.0 Å². The molecule has 12 heteroatoms. The molecule has 35 heavy (non-hydrogen) atoms. The zero-order valence-corrected chi connectivity index (χ0v) is 21.1. The number of aromatic nitrogens is 2. The first kappa shape index (κ1) is 25.0. The largest absolute Gasteiger partial charge is 0.368 e. The number of piperazine rings is 1. The van der Waals surface area contributed by atoms with Gasteiger partial charge in [-0.25, -0.2) is 13.2 Å². The Morgan fingerprint density at radius 2 is 1.60 bits per heavy atom. The second kappa shape index (κ2) is 9.48. The molecule has 4 rings (SSSR count). The van der Waals surface area contributed by atoms with Crippen molar-refractivity contribution in [2.24, 2.45) is 14.1 Å². The van der Waals surface area contributed by atoms with Gasteiger partial charge in [0.25, 0.3) is 5.56 Å². The average molecular weight is 520 g/mol. The van der Waals surface area contributed by atoms with Gasteiger partial charge in [0.15, 0.2) is 0 Å². The van der Waals surface area contributed by atoms with Gasteiger partial charge in [-0.1, -0.05) is 11.6 Å². The molecule has 1 aliphatic rings. The second-order valence-electron chi connectivity index (χ2n) is 8.52. The minimum absolute atomic E-state index is 0.0924. The molecule has 1 aromatic heterocycles. The van der Waals surface area contributed by atoms with Crippen LogP contribution in [0.4, 0.5) is 5.69 Å². The summed E-state index contributed by atoms with van der Waals surface area (Å²) >= 11 is 5.95. The fourth-order valence-corrected chi connectivity index (χ4v) is 5.55. The number of amides is 1. The Labute approximate surface area is 207 Å². The van der Waals surface area contributed by atoms with Crippen LogP contribution in [0.25, 0.3) is 10.9 Å². The van der Waals surface area contributed by atoms with Crippen LogP contribution in [0.1, 0.15) is 6.92 Å². The Kier molecular flexibility index (Phi) is 6.76. The topological polar surface area (TPSA) is 114 Å². The number of benzene rings is 2. The van der Waals surface area contributed by atoms with Crippen LogP contribution in [-0.2, 0) is 28.9 Å². The summed E-state index contributed by atoms with van der Waals surface area (Å²) < 4.78 is 30.6. The van der Waals surface area contributed by atoms with Crippen molar-refractivity contribution in [2.45, 2.75) is 17.9 Å². The normalized spacial score (nSPS) is 15.4. The van der Waals surface area contributed by atoms with Gasteiger partial charge >= 0.3 is 5.69 Å². The molecular weight excluding hydrogens is 494 g/mol. The van der Waals surface area contributed by atoms with E-state index in [0.717, 1.165) is 10.3 Å². The Balaban J connectivity index is 1.47. The fraction of sp³-hybridized carbons (Fsp3) is 0.348. The van der Waals surface area contributed by atoms with E-state index >= 15 is 0 Å². The molecule has 1 atom stereocenters. The predicted octanol–water partition coefficient (Wildman–Crippen LogP) is 0.906. The third-order valence-electron chi connectivity index (χ3n) is 6.23. The van der Waals surface area contributed by atoms with Gasteiger partial charge in [-0.15, -0.1) is 0 Å². The first-order valence-electron chi connectivity index (χ1n) is 11.0. The smallest absolute Gasteiger partial charge is 0.330 e. The van der Waals surface area contributed by atoms with E-state index < -0.39 is 27.3 Å². The van der Waals surface area contributed by atoms with Crippen LogP contribution in [-0.4, -0.2) is 60.6 Å². The van der Waals surface area contributed by atoms with Crippen molar-refractivity contribution >= 4 is 44.1 Å². The van der Waals surface area contributed by atoms with Gasteiger partial charge in [-0.3, -0.25) is 18.7 Å². The van der Waals surface area contributed by atoms with Crippen LogP contribution in [0.15, 0.2) is 56.9 Å². The minimum atomic E-state index is -4.10. The van der Waals surface area contributed by atoms with E-state index in [1.165, 1.54) is 43.8 Å². The number of fused-ring (bicyclic) bond motifs is 1. The number of aryl methyl sites for hydroxylation is 1. The molecule has 1 aliphatic heterocycles. The summed E-state index contributed by atoms with van der Waals surface area (Å²) in [7, 11) is -1.27. The Morgan fingerprint density at radius 3 is 2.23 bits per heavy atom. The first-order chi connectivity index (χ1) is 16.5. The summed E-state index contributed by atoms with van der Waals surface area (Å²) in [5.41, 5.74) is 0.226. The van der Waals surface area contributed by atoms with Gasteiger partial charge in [-0.05, 0) is 49.4 Å². The molecule has 1 fully saturated rings. The van der Waals surface area contributed by atoms with E-state index in [2.05, 4.69) is 9.62 Å². The van der Waals surface area contributed by atoms with E-state index in [-0.39, 0.29) is 16.2 Å². The lowest BCUT2D eigenvalue weighted by atomic mass is 10.2. The number of halogens is 1. The lowest BCUT2D eigenvalue weighted by molar-refractivity contribution is -0.132.